The zero-order chi connectivity index (χ0) is 21.9. The van der Waals surface area contributed by atoms with Crippen LogP contribution in [0.1, 0.15) is 52.3 Å². The summed E-state index contributed by atoms with van der Waals surface area (Å²) in [4.78, 5) is 18.1. The van der Waals surface area contributed by atoms with Crippen LogP contribution < -0.4 is 15.8 Å². The molecule has 0 spiro atoms. The summed E-state index contributed by atoms with van der Waals surface area (Å²) in [7, 11) is -1.60. The van der Waals surface area contributed by atoms with Crippen molar-refractivity contribution in [2.24, 2.45) is 0 Å². The van der Waals surface area contributed by atoms with E-state index in [1.807, 2.05) is 39.8 Å². The molecule has 1 saturated heterocycles. The van der Waals surface area contributed by atoms with Gasteiger partial charge in [0.2, 0.25) is 0 Å². The summed E-state index contributed by atoms with van der Waals surface area (Å²) >= 11 is 0. The van der Waals surface area contributed by atoms with Gasteiger partial charge in [0.1, 0.15) is 5.60 Å². The molecule has 3 rings (SSSR count). The van der Waals surface area contributed by atoms with Gasteiger partial charge in [0, 0.05) is 25.3 Å². The van der Waals surface area contributed by atoms with Crippen LogP contribution in [0.5, 0.6) is 0 Å². The molecule has 1 fully saturated rings. The Bertz CT molecular complexity index is 851. The van der Waals surface area contributed by atoms with Crippen molar-refractivity contribution in [1.29, 1.82) is 0 Å². The third-order valence-corrected chi connectivity index (χ3v) is 4.90. The number of nitrogens with zero attached hydrogens (tertiary/aromatic N) is 5. The van der Waals surface area contributed by atoms with E-state index in [1.165, 1.54) is 6.33 Å². The van der Waals surface area contributed by atoms with Crippen LogP contribution in [0, 0.1) is 0 Å². The molecule has 10 nitrogen and oxygen atoms in total. The molecule has 1 amide bonds. The molecular formula is C19H29BN6O4. The number of hydrogen-bond acceptors (Lipinski definition) is 8. The van der Waals surface area contributed by atoms with Crippen LogP contribution in [0.3, 0.4) is 0 Å². The highest BCUT2D eigenvalue weighted by Gasteiger charge is 2.25. The van der Waals surface area contributed by atoms with Gasteiger partial charge in [0.05, 0.1) is 23.7 Å². The van der Waals surface area contributed by atoms with Crippen LogP contribution in [0.15, 0.2) is 24.7 Å². The number of carbonyl (C=O) groups excluding carboxylic acids is 1. The maximum Gasteiger partial charge on any atom is 0.509 e. The number of aromatic nitrogens is 4. The Kier molecular flexibility index (Phi) is 6.62. The highest BCUT2D eigenvalue weighted by molar-refractivity contribution is 6.57. The van der Waals surface area contributed by atoms with Crippen LogP contribution in [-0.4, -0.2) is 67.7 Å². The van der Waals surface area contributed by atoms with Gasteiger partial charge in [-0.25, -0.2) is 9.78 Å². The summed E-state index contributed by atoms with van der Waals surface area (Å²) in [6.07, 6.45) is 4.52. The molecule has 0 saturated carbocycles. The van der Waals surface area contributed by atoms with Crippen LogP contribution in [0.4, 0.5) is 10.6 Å². The molecule has 0 bridgehead atoms. The van der Waals surface area contributed by atoms with Gasteiger partial charge in [-0.1, -0.05) is 0 Å². The van der Waals surface area contributed by atoms with Crippen molar-refractivity contribution in [3.8, 4) is 0 Å². The number of carbonyl (C=O) groups is 1. The van der Waals surface area contributed by atoms with E-state index in [9.17, 15) is 14.8 Å². The summed E-state index contributed by atoms with van der Waals surface area (Å²) in [5, 5.41) is 30.1. The Morgan fingerprint density at radius 2 is 2.10 bits per heavy atom. The molecule has 1 aliphatic rings. The predicted molar refractivity (Wildman–Crippen MR) is 113 cm³/mol. The number of hydrogen-bond donors (Lipinski definition) is 3. The number of nitrogens with one attached hydrogen (secondary N) is 1. The zero-order valence-electron chi connectivity index (χ0n) is 17.8. The molecule has 1 aliphatic heterocycles. The maximum absolute atomic E-state index is 12.0. The van der Waals surface area contributed by atoms with E-state index in [4.69, 9.17) is 4.74 Å². The van der Waals surface area contributed by atoms with Gasteiger partial charge in [0.15, 0.2) is 5.82 Å². The Morgan fingerprint density at radius 3 is 2.70 bits per heavy atom. The molecule has 11 heteroatoms. The van der Waals surface area contributed by atoms with E-state index >= 15 is 0 Å². The molecular weight excluding hydrogens is 387 g/mol. The quantitative estimate of drug-likeness (QED) is 0.601. The molecule has 0 radical (unpaired) electrons. The second-order valence-electron chi connectivity index (χ2n) is 8.54. The van der Waals surface area contributed by atoms with Crippen LogP contribution >= 0.6 is 0 Å². The lowest BCUT2D eigenvalue weighted by atomic mass is 9.87. The predicted octanol–water partition coefficient (Wildman–Crippen LogP) is 0.456. The van der Waals surface area contributed by atoms with Gasteiger partial charge in [-0.15, -0.1) is 5.10 Å². The van der Waals surface area contributed by atoms with Crippen molar-refractivity contribution in [1.82, 2.24) is 25.1 Å². The van der Waals surface area contributed by atoms with Crippen LogP contribution in [-0.2, 0) is 4.74 Å². The first-order valence-corrected chi connectivity index (χ1v) is 10.1. The molecule has 30 heavy (non-hydrogen) atoms. The first kappa shape index (κ1) is 22.0. The second-order valence-corrected chi connectivity index (χ2v) is 8.54. The summed E-state index contributed by atoms with van der Waals surface area (Å²) in [6, 6.07) is 3.64. The van der Waals surface area contributed by atoms with Crippen LogP contribution in [0.25, 0.3) is 0 Å². The van der Waals surface area contributed by atoms with Crippen molar-refractivity contribution >= 4 is 24.6 Å². The van der Waals surface area contributed by atoms with Crippen molar-refractivity contribution in [2.45, 2.75) is 58.2 Å². The van der Waals surface area contributed by atoms with Gasteiger partial charge in [-0.3, -0.25) is 0 Å². The Hall–Kier alpha value is -2.66. The van der Waals surface area contributed by atoms with Crippen molar-refractivity contribution in [3.63, 3.8) is 0 Å². The molecule has 2 atom stereocenters. The van der Waals surface area contributed by atoms with E-state index in [-0.39, 0.29) is 17.7 Å². The van der Waals surface area contributed by atoms with Gasteiger partial charge in [-0.05, 0) is 52.7 Å². The molecule has 1 unspecified atom stereocenters. The minimum atomic E-state index is -1.60. The molecule has 3 N–H and O–H groups in total. The first-order chi connectivity index (χ1) is 14.1. The Balaban J connectivity index is 1.61. The average Bonchev–Trinajstić information content (AvgIpc) is 3.17. The maximum atomic E-state index is 12.0. The highest BCUT2D eigenvalue weighted by atomic mass is 16.6. The number of rotatable bonds is 5. The topological polar surface area (TPSA) is 126 Å². The summed E-state index contributed by atoms with van der Waals surface area (Å²) < 4.78 is 7.10. The Morgan fingerprint density at radius 1 is 1.33 bits per heavy atom. The van der Waals surface area contributed by atoms with Crippen molar-refractivity contribution in [2.75, 3.05) is 18.0 Å². The number of alkyl carbamates (subject to hydrolysis) is 1. The minimum absolute atomic E-state index is 0.0109. The van der Waals surface area contributed by atoms with Crippen molar-refractivity contribution < 1.29 is 19.6 Å². The highest BCUT2D eigenvalue weighted by Crippen LogP contribution is 2.20. The molecule has 0 aromatic carbocycles. The second kappa shape index (κ2) is 9.01. The SMILES string of the molecule is CC(c1ccc(N2CCC[C@@H](NC(=O)OC(C)(C)C)C2)nn1)n1cnc(B(O)O)c1. The van der Waals surface area contributed by atoms with Gasteiger partial charge in [-0.2, -0.15) is 5.10 Å². The summed E-state index contributed by atoms with van der Waals surface area (Å²) in [6.45, 7) is 8.94. The Labute approximate surface area is 176 Å². The molecule has 162 valence electrons. The molecule has 3 heterocycles. The zero-order valence-corrected chi connectivity index (χ0v) is 17.8. The fourth-order valence-electron chi connectivity index (χ4n) is 3.35. The summed E-state index contributed by atoms with van der Waals surface area (Å²) in [5.41, 5.74) is 0.390. The van der Waals surface area contributed by atoms with Crippen molar-refractivity contribution in [3.05, 3.63) is 30.4 Å². The monoisotopic (exact) mass is 416 g/mol. The number of ether oxygens (including phenoxy) is 1. The van der Waals surface area contributed by atoms with E-state index < -0.39 is 18.8 Å². The lowest BCUT2D eigenvalue weighted by Gasteiger charge is -2.34. The normalized spacial score (nSPS) is 18.1. The van der Waals surface area contributed by atoms with E-state index in [1.54, 1.807) is 10.8 Å². The number of piperidine rings is 1. The summed E-state index contributed by atoms with van der Waals surface area (Å²) in [5.74, 6) is 0.749. The third-order valence-electron chi connectivity index (χ3n) is 4.90. The van der Waals surface area contributed by atoms with Crippen LogP contribution in [0.2, 0.25) is 0 Å². The van der Waals surface area contributed by atoms with E-state index in [0.717, 1.165) is 30.9 Å². The standard InChI is InChI=1S/C19H29BN6O4/c1-13(26-11-16(20(28)29)21-12-26)15-7-8-17(24-23-15)25-9-5-6-14(10-25)22-18(27)30-19(2,3)4/h7-8,11-14,28-29H,5-6,9-10H2,1-4H3,(H,22,27)/t13?,14-/m1/s1. The van der Waals surface area contributed by atoms with Gasteiger partial charge >= 0.3 is 13.2 Å². The lowest BCUT2D eigenvalue weighted by molar-refractivity contribution is 0.0500. The first-order valence-electron chi connectivity index (χ1n) is 10.1. The van der Waals surface area contributed by atoms with E-state index in [2.05, 4.69) is 25.4 Å². The lowest BCUT2D eigenvalue weighted by Crippen LogP contribution is -2.49. The fourth-order valence-corrected chi connectivity index (χ4v) is 3.35. The number of anilines is 1. The average molecular weight is 416 g/mol. The molecule has 2 aromatic rings. The molecule has 2 aromatic heterocycles. The third kappa shape index (κ3) is 5.70. The largest absolute Gasteiger partial charge is 0.509 e. The fraction of sp³-hybridized carbons (Fsp3) is 0.579. The number of amides is 1. The van der Waals surface area contributed by atoms with E-state index in [0.29, 0.717) is 6.54 Å². The number of imidazole rings is 1. The molecule has 0 aliphatic carbocycles. The smallest absolute Gasteiger partial charge is 0.444 e. The van der Waals surface area contributed by atoms with Gasteiger partial charge in [0.25, 0.3) is 0 Å². The minimum Gasteiger partial charge on any atom is -0.444 e. The van der Waals surface area contributed by atoms with Gasteiger partial charge < -0.3 is 29.6 Å².